The highest BCUT2D eigenvalue weighted by molar-refractivity contribution is 5.95. The maximum Gasteiger partial charge on any atom is 0.335 e. The summed E-state index contributed by atoms with van der Waals surface area (Å²) in [5.41, 5.74) is 9.91. The van der Waals surface area contributed by atoms with Crippen LogP contribution in [0.4, 0.5) is 0 Å². The first-order chi connectivity index (χ1) is 22.4. The molecule has 8 nitrogen and oxygen atoms in total. The van der Waals surface area contributed by atoms with Gasteiger partial charge >= 0.3 is 5.97 Å². The Labute approximate surface area is 268 Å². The summed E-state index contributed by atoms with van der Waals surface area (Å²) >= 11 is 0. The molecule has 8 heteroatoms. The van der Waals surface area contributed by atoms with E-state index in [1.807, 2.05) is 43.3 Å². The normalized spacial score (nSPS) is 10.9. The summed E-state index contributed by atoms with van der Waals surface area (Å²) in [6.07, 6.45) is 3.84. The van der Waals surface area contributed by atoms with Gasteiger partial charge in [0.1, 0.15) is 6.61 Å². The number of carbonyl (C=O) groups excluding carboxylic acids is 1. The number of amides is 1. The Morgan fingerprint density at radius 2 is 1.63 bits per heavy atom. The molecule has 0 aliphatic heterocycles. The topological polar surface area (TPSA) is 102 Å². The van der Waals surface area contributed by atoms with E-state index in [4.69, 9.17) is 14.6 Å². The smallest absolute Gasteiger partial charge is 0.335 e. The van der Waals surface area contributed by atoms with Crippen molar-refractivity contribution in [3.8, 4) is 28.4 Å². The summed E-state index contributed by atoms with van der Waals surface area (Å²) in [5.74, 6) is -0.215. The molecule has 5 aromatic rings. The molecule has 0 unspecified atom stereocenters. The van der Waals surface area contributed by atoms with Gasteiger partial charge in [-0.2, -0.15) is 5.10 Å². The molecule has 0 spiro atoms. The second-order valence-electron chi connectivity index (χ2n) is 10.5. The maximum atomic E-state index is 12.9. The van der Waals surface area contributed by atoms with E-state index in [-0.39, 0.29) is 18.1 Å². The lowest BCUT2D eigenvalue weighted by molar-refractivity contribution is 0.0696. The van der Waals surface area contributed by atoms with Crippen molar-refractivity contribution >= 4 is 18.1 Å². The predicted molar refractivity (Wildman–Crippen MR) is 180 cm³/mol. The van der Waals surface area contributed by atoms with Crippen LogP contribution in [-0.2, 0) is 13.0 Å². The van der Waals surface area contributed by atoms with E-state index in [2.05, 4.69) is 52.9 Å². The monoisotopic (exact) mass is 613 g/mol. The van der Waals surface area contributed by atoms with Gasteiger partial charge < -0.3 is 19.1 Å². The number of allylic oxidation sites excluding steroid dienone is 1. The number of nitrogens with zero attached hydrogens (tertiary/aromatic N) is 2. The number of benzene rings is 4. The van der Waals surface area contributed by atoms with E-state index < -0.39 is 5.97 Å². The van der Waals surface area contributed by atoms with Crippen molar-refractivity contribution in [1.29, 1.82) is 0 Å². The van der Waals surface area contributed by atoms with Crippen LogP contribution in [0.1, 0.15) is 50.0 Å². The van der Waals surface area contributed by atoms with Crippen LogP contribution in [0, 0.1) is 6.92 Å². The minimum Gasteiger partial charge on any atom is -0.490 e. The van der Waals surface area contributed by atoms with E-state index in [0.717, 1.165) is 33.8 Å². The highest BCUT2D eigenvalue weighted by Gasteiger charge is 2.15. The fraction of sp³-hybridized carbons (Fsp3) is 0.132. The van der Waals surface area contributed by atoms with Gasteiger partial charge in [-0.05, 0) is 97.6 Å². The van der Waals surface area contributed by atoms with E-state index in [1.54, 1.807) is 54.8 Å². The summed E-state index contributed by atoms with van der Waals surface area (Å²) in [6, 6.07) is 32.0. The molecule has 46 heavy (non-hydrogen) atoms. The molecule has 4 aromatic carbocycles. The van der Waals surface area contributed by atoms with Crippen molar-refractivity contribution in [1.82, 2.24) is 9.99 Å². The van der Waals surface area contributed by atoms with E-state index in [1.165, 1.54) is 0 Å². The van der Waals surface area contributed by atoms with Crippen LogP contribution in [0.5, 0.6) is 11.5 Å². The van der Waals surface area contributed by atoms with Gasteiger partial charge in [-0.3, -0.25) is 4.79 Å². The highest BCUT2D eigenvalue weighted by atomic mass is 16.5. The number of rotatable bonds is 13. The minimum atomic E-state index is -0.980. The number of carboxylic acids is 1. The minimum absolute atomic E-state index is 0.211. The Hall–Kier alpha value is -5.89. The van der Waals surface area contributed by atoms with E-state index >= 15 is 0 Å². The highest BCUT2D eigenvalue weighted by Crippen LogP contribution is 2.34. The second-order valence-corrected chi connectivity index (χ2v) is 10.5. The summed E-state index contributed by atoms with van der Waals surface area (Å²) in [4.78, 5) is 24.1. The molecule has 232 valence electrons. The standard InChI is InChI=1S/C38H35N3O5/c1-4-9-32-22-28(23-35(45-5-2)36(32)46-25-27-13-15-31(16-14-27)38(43)44)24-39-40-37(42)30-17-19-33(20-18-30)41-26(3)12-21-34(41)29-10-7-6-8-11-29/h4,6-8,10-24H,1,5,9,25H2,2-3H3,(H,40,42)(H,43,44)/b39-24+. The van der Waals surface area contributed by atoms with Crippen LogP contribution >= 0.6 is 0 Å². The Morgan fingerprint density at radius 1 is 0.913 bits per heavy atom. The summed E-state index contributed by atoms with van der Waals surface area (Å²) in [5, 5.41) is 13.4. The zero-order chi connectivity index (χ0) is 32.5. The number of carbonyl (C=O) groups is 2. The average Bonchev–Trinajstić information content (AvgIpc) is 3.46. The van der Waals surface area contributed by atoms with E-state index in [0.29, 0.717) is 35.7 Å². The Bertz CT molecular complexity index is 1860. The van der Waals surface area contributed by atoms with Gasteiger partial charge in [0.05, 0.1) is 24.1 Å². The molecular formula is C38H35N3O5. The third kappa shape index (κ3) is 7.42. The van der Waals surface area contributed by atoms with Crippen LogP contribution in [-0.4, -0.2) is 34.4 Å². The maximum absolute atomic E-state index is 12.9. The summed E-state index contributed by atoms with van der Waals surface area (Å²) < 4.78 is 14.2. The number of hydrogen-bond donors (Lipinski definition) is 2. The van der Waals surface area contributed by atoms with Crippen LogP contribution in [0.25, 0.3) is 16.9 Å². The summed E-state index contributed by atoms with van der Waals surface area (Å²) in [6.45, 7) is 8.45. The molecule has 0 radical (unpaired) electrons. The Kier molecular flexibility index (Phi) is 10.1. The van der Waals surface area contributed by atoms with E-state index in [9.17, 15) is 9.59 Å². The molecule has 5 rings (SSSR count). The first-order valence-corrected chi connectivity index (χ1v) is 14.9. The van der Waals surface area contributed by atoms with Crippen molar-refractivity contribution < 1.29 is 24.2 Å². The Morgan fingerprint density at radius 3 is 2.30 bits per heavy atom. The molecule has 2 N–H and O–H groups in total. The zero-order valence-corrected chi connectivity index (χ0v) is 25.8. The quantitative estimate of drug-likeness (QED) is 0.0808. The van der Waals surface area contributed by atoms with Gasteiger partial charge in [0.25, 0.3) is 5.91 Å². The lowest BCUT2D eigenvalue weighted by Crippen LogP contribution is -2.17. The number of aromatic carboxylic acids is 1. The van der Waals surface area contributed by atoms with Gasteiger partial charge in [-0.15, -0.1) is 6.58 Å². The molecule has 0 fully saturated rings. The lowest BCUT2D eigenvalue weighted by atomic mass is 10.1. The number of hydrogen-bond acceptors (Lipinski definition) is 5. The second kappa shape index (κ2) is 14.7. The third-order valence-corrected chi connectivity index (χ3v) is 7.32. The third-order valence-electron chi connectivity index (χ3n) is 7.32. The predicted octanol–water partition coefficient (Wildman–Crippen LogP) is 7.62. The number of aromatic nitrogens is 1. The SMILES string of the molecule is C=CCc1cc(/C=N/NC(=O)c2ccc(-n3c(C)ccc3-c3ccccc3)cc2)cc(OCC)c1OCc1ccc(C(=O)O)cc1. The fourth-order valence-corrected chi connectivity index (χ4v) is 5.10. The first kappa shape index (κ1) is 31.5. The average molecular weight is 614 g/mol. The van der Waals surface area contributed by atoms with Crippen molar-refractivity contribution in [3.05, 3.63) is 149 Å². The molecule has 0 atom stereocenters. The molecule has 1 aromatic heterocycles. The van der Waals surface area contributed by atoms with Crippen molar-refractivity contribution in [2.75, 3.05) is 6.61 Å². The number of aryl methyl sites for hydroxylation is 1. The van der Waals surface area contributed by atoms with Crippen LogP contribution in [0.2, 0.25) is 0 Å². The zero-order valence-electron chi connectivity index (χ0n) is 25.8. The fourth-order valence-electron chi connectivity index (χ4n) is 5.10. The lowest BCUT2D eigenvalue weighted by Gasteiger charge is -2.17. The number of nitrogens with one attached hydrogen (secondary N) is 1. The molecule has 0 saturated heterocycles. The van der Waals surface area contributed by atoms with Gasteiger partial charge in [0.2, 0.25) is 0 Å². The van der Waals surface area contributed by atoms with Crippen molar-refractivity contribution in [3.63, 3.8) is 0 Å². The number of ether oxygens (including phenoxy) is 2. The van der Waals surface area contributed by atoms with Gasteiger partial charge in [-0.1, -0.05) is 48.5 Å². The summed E-state index contributed by atoms with van der Waals surface area (Å²) in [7, 11) is 0. The van der Waals surface area contributed by atoms with Crippen LogP contribution in [0.15, 0.2) is 121 Å². The molecular weight excluding hydrogens is 578 g/mol. The molecule has 1 amide bonds. The largest absolute Gasteiger partial charge is 0.490 e. The van der Waals surface area contributed by atoms with Crippen molar-refractivity contribution in [2.45, 2.75) is 26.9 Å². The van der Waals surface area contributed by atoms with Gasteiger partial charge in [0.15, 0.2) is 11.5 Å². The molecule has 0 bridgehead atoms. The molecule has 0 aliphatic rings. The first-order valence-electron chi connectivity index (χ1n) is 14.9. The number of carboxylic acid groups (broad SMARTS) is 1. The van der Waals surface area contributed by atoms with Crippen LogP contribution in [0.3, 0.4) is 0 Å². The molecule has 1 heterocycles. The van der Waals surface area contributed by atoms with Gasteiger partial charge in [0, 0.05) is 22.5 Å². The van der Waals surface area contributed by atoms with Gasteiger partial charge in [-0.25, -0.2) is 10.2 Å². The van der Waals surface area contributed by atoms with Crippen molar-refractivity contribution in [2.24, 2.45) is 5.10 Å². The Balaban J connectivity index is 1.29. The van der Waals surface area contributed by atoms with Crippen LogP contribution < -0.4 is 14.9 Å². The molecule has 0 aliphatic carbocycles. The molecule has 0 saturated carbocycles. The number of hydrazone groups is 1.